The van der Waals surface area contributed by atoms with E-state index in [-0.39, 0.29) is 0 Å². The second kappa shape index (κ2) is 2.71. The predicted molar refractivity (Wildman–Crippen MR) is 50.4 cm³/mol. The van der Waals surface area contributed by atoms with Crippen molar-refractivity contribution in [1.29, 1.82) is 5.26 Å². The highest BCUT2D eigenvalue weighted by atomic mass is 127. The van der Waals surface area contributed by atoms with Crippen LogP contribution in [0.2, 0.25) is 0 Å². The van der Waals surface area contributed by atoms with E-state index in [1.807, 2.05) is 12.3 Å². The van der Waals surface area contributed by atoms with Crippen LogP contribution in [0.3, 0.4) is 0 Å². The topological polar surface area (TPSA) is 54.0 Å². The molecule has 2 aromatic heterocycles. The first-order chi connectivity index (χ1) is 5.79. The molecule has 0 radical (unpaired) electrons. The summed E-state index contributed by atoms with van der Waals surface area (Å²) in [6, 6.07) is 1.97. The molecule has 0 amide bonds. The summed E-state index contributed by atoms with van der Waals surface area (Å²) in [5.41, 5.74) is 1.16. The molecule has 4 nitrogen and oxygen atoms in total. The highest BCUT2D eigenvalue weighted by Crippen LogP contribution is 2.06. The molecule has 0 aromatic carbocycles. The maximum Gasteiger partial charge on any atom is 0.157 e. The molecular weight excluding hydrogens is 267 g/mol. The number of halogens is 1. The van der Waals surface area contributed by atoms with Gasteiger partial charge in [0.1, 0.15) is 9.77 Å². The fourth-order valence-electron chi connectivity index (χ4n) is 0.926. The summed E-state index contributed by atoms with van der Waals surface area (Å²) in [7, 11) is 0. The molecule has 2 aromatic rings. The van der Waals surface area contributed by atoms with E-state index in [0.717, 1.165) is 9.35 Å². The van der Waals surface area contributed by atoms with Crippen LogP contribution in [0.1, 0.15) is 5.69 Å². The Bertz CT molecular complexity index is 468. The molecule has 58 valence electrons. The van der Waals surface area contributed by atoms with Crippen LogP contribution < -0.4 is 0 Å². The van der Waals surface area contributed by atoms with Crippen molar-refractivity contribution in [3.8, 4) is 6.07 Å². The van der Waals surface area contributed by atoms with Gasteiger partial charge in [-0.2, -0.15) is 5.26 Å². The summed E-state index contributed by atoms with van der Waals surface area (Å²) in [5, 5.41) is 8.56. The van der Waals surface area contributed by atoms with Gasteiger partial charge in [0.15, 0.2) is 11.3 Å². The smallest absolute Gasteiger partial charge is 0.157 e. The van der Waals surface area contributed by atoms with Gasteiger partial charge >= 0.3 is 0 Å². The highest BCUT2D eigenvalue weighted by molar-refractivity contribution is 14.1. The maximum absolute atomic E-state index is 8.56. The number of aromatic nitrogens is 3. The van der Waals surface area contributed by atoms with Gasteiger partial charge in [-0.05, 0) is 22.6 Å². The first-order valence-electron chi connectivity index (χ1n) is 3.20. The van der Waals surface area contributed by atoms with Gasteiger partial charge in [0.25, 0.3) is 0 Å². The van der Waals surface area contributed by atoms with Gasteiger partial charge in [-0.1, -0.05) is 0 Å². The minimum Gasteiger partial charge on any atom is -0.302 e. The zero-order valence-electron chi connectivity index (χ0n) is 5.90. The van der Waals surface area contributed by atoms with Crippen molar-refractivity contribution in [1.82, 2.24) is 14.4 Å². The fourth-order valence-corrected chi connectivity index (χ4v) is 1.47. The molecule has 0 aliphatic heterocycles. The minimum absolute atomic E-state index is 0.399. The van der Waals surface area contributed by atoms with Crippen LogP contribution in [-0.4, -0.2) is 14.4 Å². The molecule has 0 aliphatic carbocycles. The number of hydrogen-bond donors (Lipinski definition) is 0. The van der Waals surface area contributed by atoms with E-state index < -0.39 is 0 Å². The van der Waals surface area contributed by atoms with Crippen LogP contribution in [0.4, 0.5) is 0 Å². The average Bonchev–Trinajstić information content (AvgIpc) is 2.43. The van der Waals surface area contributed by atoms with Crippen LogP contribution >= 0.6 is 22.6 Å². The summed E-state index contributed by atoms with van der Waals surface area (Å²) >= 11 is 2.11. The molecule has 0 bridgehead atoms. The third kappa shape index (κ3) is 1.14. The van der Waals surface area contributed by atoms with Crippen molar-refractivity contribution < 1.29 is 0 Å². The molecule has 0 fully saturated rings. The molecule has 2 rings (SSSR count). The molecule has 12 heavy (non-hydrogen) atoms. The van der Waals surface area contributed by atoms with Gasteiger partial charge in [0.2, 0.25) is 0 Å². The molecule has 0 aliphatic rings. The lowest BCUT2D eigenvalue weighted by atomic mass is 10.5. The van der Waals surface area contributed by atoms with Gasteiger partial charge in [0.05, 0.1) is 6.20 Å². The van der Waals surface area contributed by atoms with Crippen molar-refractivity contribution in [2.24, 2.45) is 0 Å². The monoisotopic (exact) mass is 270 g/mol. The van der Waals surface area contributed by atoms with Crippen LogP contribution in [0.15, 0.2) is 18.6 Å². The quantitative estimate of drug-likeness (QED) is 0.676. The number of nitriles is 1. The van der Waals surface area contributed by atoms with E-state index in [9.17, 15) is 0 Å². The summed E-state index contributed by atoms with van der Waals surface area (Å²) in [6.07, 6.45) is 5.09. The normalized spacial score (nSPS) is 10.0. The van der Waals surface area contributed by atoms with E-state index in [2.05, 4.69) is 32.6 Å². The highest BCUT2D eigenvalue weighted by Gasteiger charge is 1.99. The van der Waals surface area contributed by atoms with Crippen LogP contribution in [-0.2, 0) is 0 Å². The van der Waals surface area contributed by atoms with Crippen molar-refractivity contribution >= 4 is 28.2 Å². The number of rotatable bonds is 0. The summed E-state index contributed by atoms with van der Waals surface area (Å²) < 4.78 is 2.68. The number of fused-ring (bicyclic) bond motifs is 1. The zero-order valence-corrected chi connectivity index (χ0v) is 8.06. The van der Waals surface area contributed by atoms with Gasteiger partial charge in [-0.15, -0.1) is 0 Å². The van der Waals surface area contributed by atoms with E-state index in [0.29, 0.717) is 5.69 Å². The van der Waals surface area contributed by atoms with Crippen LogP contribution in [0.25, 0.3) is 5.65 Å². The lowest BCUT2D eigenvalue weighted by Crippen LogP contribution is -1.88. The van der Waals surface area contributed by atoms with Crippen molar-refractivity contribution in [3.63, 3.8) is 0 Å². The van der Waals surface area contributed by atoms with Gasteiger partial charge in [-0.25, -0.2) is 9.97 Å². The van der Waals surface area contributed by atoms with Crippen molar-refractivity contribution in [2.75, 3.05) is 0 Å². The molecule has 5 heteroatoms. The molecule has 0 spiro atoms. The third-order valence-electron chi connectivity index (χ3n) is 1.43. The lowest BCUT2D eigenvalue weighted by Gasteiger charge is -1.90. The second-order valence-electron chi connectivity index (χ2n) is 2.21. The Morgan fingerprint density at radius 3 is 3.08 bits per heavy atom. The zero-order chi connectivity index (χ0) is 8.55. The summed E-state index contributed by atoms with van der Waals surface area (Å²) in [4.78, 5) is 8.06. The molecule has 0 N–H and O–H groups in total. The molecule has 0 saturated carbocycles. The standard InChI is InChI=1S/C7H3IN4/c8-6-4-12-3-5(1-9)10-2-7(12)11-6/h2-4H. The number of nitrogens with zero attached hydrogens (tertiary/aromatic N) is 4. The van der Waals surface area contributed by atoms with Gasteiger partial charge < -0.3 is 4.40 Å². The minimum atomic E-state index is 0.399. The van der Waals surface area contributed by atoms with E-state index >= 15 is 0 Å². The number of hydrogen-bond acceptors (Lipinski definition) is 3. The molecule has 0 atom stereocenters. The third-order valence-corrected chi connectivity index (χ3v) is 1.95. The SMILES string of the molecule is N#Cc1cn2cc(I)nc2cn1. The van der Waals surface area contributed by atoms with E-state index in [1.165, 1.54) is 0 Å². The van der Waals surface area contributed by atoms with E-state index in [1.54, 1.807) is 16.8 Å². The first-order valence-corrected chi connectivity index (χ1v) is 4.28. The average molecular weight is 270 g/mol. The predicted octanol–water partition coefficient (Wildman–Crippen LogP) is 1.21. The van der Waals surface area contributed by atoms with Gasteiger partial charge in [-0.3, -0.25) is 0 Å². The van der Waals surface area contributed by atoms with Crippen LogP contribution in [0.5, 0.6) is 0 Å². The largest absolute Gasteiger partial charge is 0.302 e. The summed E-state index contributed by atoms with van der Waals surface area (Å²) in [5.74, 6) is 0. The van der Waals surface area contributed by atoms with Crippen molar-refractivity contribution in [2.45, 2.75) is 0 Å². The Balaban J connectivity index is 2.77. The lowest BCUT2D eigenvalue weighted by molar-refractivity contribution is 1.10. The second-order valence-corrected chi connectivity index (χ2v) is 3.32. The molecule has 2 heterocycles. The van der Waals surface area contributed by atoms with Gasteiger partial charge in [0, 0.05) is 12.4 Å². The van der Waals surface area contributed by atoms with E-state index in [4.69, 9.17) is 5.26 Å². The Morgan fingerprint density at radius 2 is 2.33 bits per heavy atom. The summed E-state index contributed by atoms with van der Waals surface area (Å²) in [6.45, 7) is 0. The molecule has 0 saturated heterocycles. The Hall–Kier alpha value is -1.16. The van der Waals surface area contributed by atoms with Crippen molar-refractivity contribution in [3.05, 3.63) is 28.0 Å². The Labute approximate surface area is 82.0 Å². The molecule has 0 unspecified atom stereocenters. The first kappa shape index (κ1) is 7.49. The number of imidazole rings is 1. The van der Waals surface area contributed by atoms with Crippen LogP contribution in [0, 0.1) is 15.0 Å². The fraction of sp³-hybridized carbons (Fsp3) is 0. The Morgan fingerprint density at radius 1 is 1.50 bits per heavy atom. The Kier molecular flexibility index (Phi) is 1.69. The maximum atomic E-state index is 8.56. The molecular formula is C7H3IN4.